The van der Waals surface area contributed by atoms with Gasteiger partial charge in [-0.25, -0.2) is 15.4 Å². The number of hydrazone groups is 1. The fourth-order valence-corrected chi connectivity index (χ4v) is 4.00. The molecule has 0 radical (unpaired) electrons. The highest BCUT2D eigenvalue weighted by Crippen LogP contribution is 2.32. The Hall–Kier alpha value is -3.17. The van der Waals surface area contributed by atoms with Crippen molar-refractivity contribution in [2.45, 2.75) is 13.8 Å². The summed E-state index contributed by atoms with van der Waals surface area (Å²) in [7, 11) is 0. The van der Waals surface area contributed by atoms with Gasteiger partial charge in [0.15, 0.2) is 5.69 Å². The number of hydrogen-bond acceptors (Lipinski definition) is 8. The number of nitrogens with one attached hydrogen (secondary N) is 1. The Bertz CT molecular complexity index is 1140. The number of carbonyl (C=O) groups is 1. The van der Waals surface area contributed by atoms with Crippen LogP contribution in [0.25, 0.3) is 22.0 Å². The fraction of sp³-hybridized carbons (Fsp3) is 0.105. The van der Waals surface area contributed by atoms with E-state index in [1.54, 1.807) is 24.5 Å². The van der Waals surface area contributed by atoms with Gasteiger partial charge in [0.1, 0.15) is 16.5 Å². The average Bonchev–Trinajstić information content (AvgIpc) is 3.42. The summed E-state index contributed by atoms with van der Waals surface area (Å²) in [4.78, 5) is 21.6. The lowest BCUT2D eigenvalue weighted by molar-refractivity contribution is 0.0946. The third-order valence-electron chi connectivity index (χ3n) is 3.86. The lowest BCUT2D eigenvalue weighted by Gasteiger charge is -1.99. The molecule has 9 heteroatoms. The maximum Gasteiger partial charge on any atom is 0.294 e. The van der Waals surface area contributed by atoms with E-state index in [0.29, 0.717) is 17.0 Å². The Balaban J connectivity index is 1.57. The van der Waals surface area contributed by atoms with E-state index in [2.05, 4.69) is 25.7 Å². The molecule has 7 nitrogen and oxygen atoms in total. The van der Waals surface area contributed by atoms with Gasteiger partial charge in [0.25, 0.3) is 5.91 Å². The Morgan fingerprint density at radius 1 is 1.11 bits per heavy atom. The molecule has 0 unspecified atom stereocenters. The number of carbonyl (C=O) groups excluding carboxylic acids is 1. The molecule has 1 N–H and O–H groups in total. The molecule has 140 valence electrons. The van der Waals surface area contributed by atoms with Crippen LogP contribution in [-0.2, 0) is 0 Å². The summed E-state index contributed by atoms with van der Waals surface area (Å²) < 4.78 is 5.24. The average molecular weight is 409 g/mol. The molecule has 1 aromatic carbocycles. The van der Waals surface area contributed by atoms with Crippen molar-refractivity contribution in [3.63, 3.8) is 0 Å². The summed E-state index contributed by atoms with van der Waals surface area (Å²) in [6.45, 7) is 3.70. The van der Waals surface area contributed by atoms with E-state index in [9.17, 15) is 4.79 Å². The van der Waals surface area contributed by atoms with Crippen LogP contribution < -0.4 is 5.43 Å². The lowest BCUT2D eigenvalue weighted by Crippen LogP contribution is -2.19. The summed E-state index contributed by atoms with van der Waals surface area (Å²) >= 11 is 3.03. The first kappa shape index (κ1) is 18.2. The predicted octanol–water partition coefficient (Wildman–Crippen LogP) is 4.30. The first-order valence-corrected chi connectivity index (χ1v) is 10.1. The Morgan fingerprint density at radius 3 is 2.64 bits per heavy atom. The van der Waals surface area contributed by atoms with Crippen molar-refractivity contribution < 1.29 is 9.32 Å². The van der Waals surface area contributed by atoms with Gasteiger partial charge < -0.3 is 4.52 Å². The van der Waals surface area contributed by atoms with Crippen LogP contribution in [0, 0.1) is 13.8 Å². The zero-order valence-corrected chi connectivity index (χ0v) is 16.7. The zero-order valence-electron chi connectivity index (χ0n) is 15.0. The van der Waals surface area contributed by atoms with Gasteiger partial charge in [-0.05, 0) is 19.4 Å². The standard InChI is InChI=1S/C19H15N5O2S2/c1-11-16(14-9-28-19(22-14)15-10-27-12(2)21-15)17(24-26-11)18(25)23-20-8-13-6-4-3-5-7-13/h3-10H,1-2H3,(H,23,25). The van der Waals surface area contributed by atoms with E-state index in [1.807, 2.05) is 48.0 Å². The van der Waals surface area contributed by atoms with Crippen LogP contribution in [0.2, 0.25) is 0 Å². The minimum atomic E-state index is -0.460. The number of thiazole rings is 2. The van der Waals surface area contributed by atoms with Crippen molar-refractivity contribution in [3.8, 4) is 22.0 Å². The maximum atomic E-state index is 12.5. The summed E-state index contributed by atoms with van der Waals surface area (Å²) in [6, 6.07) is 9.48. The summed E-state index contributed by atoms with van der Waals surface area (Å²) in [5, 5.41) is 13.5. The van der Waals surface area contributed by atoms with E-state index < -0.39 is 5.91 Å². The lowest BCUT2D eigenvalue weighted by atomic mass is 10.1. The van der Waals surface area contributed by atoms with E-state index in [-0.39, 0.29) is 5.69 Å². The van der Waals surface area contributed by atoms with Crippen LogP contribution in [0.5, 0.6) is 0 Å². The van der Waals surface area contributed by atoms with Gasteiger partial charge in [0.2, 0.25) is 0 Å². The molecule has 0 aliphatic carbocycles. The van der Waals surface area contributed by atoms with Gasteiger partial charge in [0.05, 0.1) is 22.5 Å². The van der Waals surface area contributed by atoms with Crippen LogP contribution in [0.15, 0.2) is 50.7 Å². The highest BCUT2D eigenvalue weighted by Gasteiger charge is 2.23. The fourth-order valence-electron chi connectivity index (χ4n) is 2.55. The molecular weight excluding hydrogens is 394 g/mol. The Kier molecular flexibility index (Phi) is 5.09. The van der Waals surface area contributed by atoms with Crippen LogP contribution in [0.3, 0.4) is 0 Å². The van der Waals surface area contributed by atoms with Crippen LogP contribution in [0.1, 0.15) is 26.8 Å². The third kappa shape index (κ3) is 3.75. The zero-order chi connectivity index (χ0) is 19.5. The van der Waals surface area contributed by atoms with E-state index >= 15 is 0 Å². The van der Waals surface area contributed by atoms with Crippen LogP contribution >= 0.6 is 22.7 Å². The van der Waals surface area contributed by atoms with Crippen LogP contribution in [0.4, 0.5) is 0 Å². The minimum absolute atomic E-state index is 0.147. The van der Waals surface area contributed by atoms with Crippen molar-refractivity contribution in [1.29, 1.82) is 0 Å². The molecule has 0 fully saturated rings. The van der Waals surface area contributed by atoms with Gasteiger partial charge in [-0.15, -0.1) is 22.7 Å². The van der Waals surface area contributed by atoms with E-state index in [4.69, 9.17) is 4.52 Å². The number of amides is 1. The molecule has 3 heterocycles. The van der Waals surface area contributed by atoms with Gasteiger partial charge >= 0.3 is 0 Å². The molecule has 0 aliphatic rings. The van der Waals surface area contributed by atoms with E-state index in [0.717, 1.165) is 21.3 Å². The molecule has 0 aliphatic heterocycles. The molecule has 3 aromatic heterocycles. The normalized spacial score (nSPS) is 11.2. The molecular formula is C19H15N5O2S2. The molecule has 0 atom stereocenters. The number of aromatic nitrogens is 3. The Labute approximate surface area is 168 Å². The van der Waals surface area contributed by atoms with Gasteiger partial charge in [-0.3, -0.25) is 4.79 Å². The van der Waals surface area contributed by atoms with Gasteiger partial charge in [0, 0.05) is 10.8 Å². The molecule has 0 saturated carbocycles. The second kappa shape index (κ2) is 7.83. The Morgan fingerprint density at radius 2 is 1.89 bits per heavy atom. The molecule has 4 aromatic rings. The van der Waals surface area contributed by atoms with E-state index in [1.165, 1.54) is 11.3 Å². The maximum absolute atomic E-state index is 12.5. The molecule has 0 bridgehead atoms. The number of nitrogens with zero attached hydrogens (tertiary/aromatic N) is 4. The number of hydrogen-bond donors (Lipinski definition) is 1. The topological polar surface area (TPSA) is 93.3 Å². The number of aryl methyl sites for hydroxylation is 2. The van der Waals surface area contributed by atoms with Crippen molar-refractivity contribution in [1.82, 2.24) is 20.6 Å². The molecule has 0 saturated heterocycles. The van der Waals surface area contributed by atoms with Crippen molar-refractivity contribution in [2.75, 3.05) is 0 Å². The predicted molar refractivity (Wildman–Crippen MR) is 110 cm³/mol. The second-order valence-electron chi connectivity index (χ2n) is 5.86. The largest absolute Gasteiger partial charge is 0.360 e. The highest BCUT2D eigenvalue weighted by atomic mass is 32.1. The van der Waals surface area contributed by atoms with Crippen LogP contribution in [-0.4, -0.2) is 27.2 Å². The number of rotatable bonds is 5. The molecule has 0 spiro atoms. The monoisotopic (exact) mass is 409 g/mol. The van der Waals surface area contributed by atoms with Crippen molar-refractivity contribution in [3.05, 3.63) is 63.1 Å². The molecule has 1 amide bonds. The van der Waals surface area contributed by atoms with Crippen molar-refractivity contribution in [2.24, 2.45) is 5.10 Å². The van der Waals surface area contributed by atoms with Gasteiger partial charge in [-0.2, -0.15) is 5.10 Å². The highest BCUT2D eigenvalue weighted by molar-refractivity contribution is 7.14. The first-order valence-electron chi connectivity index (χ1n) is 8.35. The smallest absolute Gasteiger partial charge is 0.294 e. The molecule has 4 rings (SSSR count). The summed E-state index contributed by atoms with van der Waals surface area (Å²) in [5.41, 5.74) is 5.52. The second-order valence-corrected chi connectivity index (χ2v) is 7.78. The van der Waals surface area contributed by atoms with Crippen molar-refractivity contribution >= 4 is 34.8 Å². The number of benzene rings is 1. The molecule has 28 heavy (non-hydrogen) atoms. The third-order valence-corrected chi connectivity index (χ3v) is 5.49. The summed E-state index contributed by atoms with van der Waals surface area (Å²) in [5.74, 6) is 0.0570. The first-order chi connectivity index (χ1) is 13.6. The van der Waals surface area contributed by atoms with Gasteiger partial charge in [-0.1, -0.05) is 35.5 Å². The summed E-state index contributed by atoms with van der Waals surface area (Å²) in [6.07, 6.45) is 1.57. The quantitative estimate of drug-likeness (QED) is 0.392. The SMILES string of the molecule is Cc1nc(-c2nc(-c3c(C(=O)NN=Cc4ccccc4)noc3C)cs2)cs1. The minimum Gasteiger partial charge on any atom is -0.360 e.